The normalized spacial score (nSPS) is 23.1. The molecule has 1 aliphatic carbocycles. The van der Waals surface area contributed by atoms with Crippen molar-refractivity contribution >= 4 is 0 Å². The van der Waals surface area contributed by atoms with Crippen LogP contribution in [-0.4, -0.2) is 0 Å². The molecule has 0 radical (unpaired) electrons. The second-order valence-corrected chi connectivity index (χ2v) is 6.29. The maximum absolute atomic E-state index is 3.69. The van der Waals surface area contributed by atoms with E-state index in [0.29, 0.717) is 0 Å². The van der Waals surface area contributed by atoms with Crippen molar-refractivity contribution in [3.8, 4) is 0 Å². The highest BCUT2D eigenvalue weighted by atomic mass is 14.3. The Labute approximate surface area is 127 Å². The molecule has 0 saturated heterocycles. The van der Waals surface area contributed by atoms with Crippen LogP contribution >= 0.6 is 0 Å². The lowest BCUT2D eigenvalue weighted by atomic mass is 9.88. The molecule has 0 unspecified atom stereocenters. The van der Waals surface area contributed by atoms with E-state index in [1.807, 2.05) is 12.2 Å². The number of unbranched alkanes of at least 4 members (excludes halogenated alkanes) is 5. The van der Waals surface area contributed by atoms with Gasteiger partial charge in [0.15, 0.2) is 0 Å². The molecule has 1 aliphatic rings. The molecule has 0 heterocycles. The van der Waals surface area contributed by atoms with Crippen LogP contribution in [-0.2, 0) is 0 Å². The van der Waals surface area contributed by atoms with Gasteiger partial charge >= 0.3 is 0 Å². The van der Waals surface area contributed by atoms with Gasteiger partial charge in [0.1, 0.15) is 0 Å². The zero-order valence-electron chi connectivity index (χ0n) is 13.5. The molecular formula is C20H34. The Morgan fingerprint density at radius 2 is 1.65 bits per heavy atom. The molecule has 0 N–H and O–H groups in total. The molecular weight excluding hydrogens is 240 g/mol. The largest absolute Gasteiger partial charge is 0.0991 e. The molecule has 1 rings (SSSR count). The maximum atomic E-state index is 3.69. The van der Waals surface area contributed by atoms with Crippen molar-refractivity contribution < 1.29 is 0 Å². The third-order valence-corrected chi connectivity index (χ3v) is 4.68. The third-order valence-electron chi connectivity index (χ3n) is 4.68. The summed E-state index contributed by atoms with van der Waals surface area (Å²) in [6, 6.07) is 0. The average Bonchev–Trinajstić information content (AvgIpc) is 2.90. The lowest BCUT2D eigenvalue weighted by Gasteiger charge is -2.17. The zero-order valence-corrected chi connectivity index (χ0v) is 13.5. The van der Waals surface area contributed by atoms with E-state index in [2.05, 4.69) is 31.7 Å². The molecule has 0 bridgehead atoms. The van der Waals surface area contributed by atoms with E-state index in [0.717, 1.165) is 11.8 Å². The first-order chi connectivity index (χ1) is 9.88. The fourth-order valence-electron chi connectivity index (χ4n) is 3.47. The molecule has 0 aromatic carbocycles. The van der Waals surface area contributed by atoms with Crippen molar-refractivity contribution in [1.82, 2.24) is 0 Å². The van der Waals surface area contributed by atoms with Crippen molar-refractivity contribution in [3.05, 3.63) is 37.0 Å². The van der Waals surface area contributed by atoms with Crippen LogP contribution in [0.5, 0.6) is 0 Å². The van der Waals surface area contributed by atoms with Crippen LogP contribution in [0.25, 0.3) is 0 Å². The Morgan fingerprint density at radius 3 is 2.45 bits per heavy atom. The first-order valence-electron chi connectivity index (χ1n) is 8.82. The third kappa shape index (κ3) is 7.72. The van der Waals surface area contributed by atoms with Crippen LogP contribution in [0.1, 0.15) is 77.6 Å². The highest BCUT2D eigenvalue weighted by molar-refractivity contribution is 5.09. The molecule has 0 aliphatic heterocycles. The van der Waals surface area contributed by atoms with Crippen LogP contribution in [0.4, 0.5) is 0 Å². The summed E-state index contributed by atoms with van der Waals surface area (Å²) in [5.74, 6) is 1.97. The van der Waals surface area contributed by atoms with E-state index in [4.69, 9.17) is 0 Å². The Kier molecular flexibility index (Phi) is 10.4. The second kappa shape index (κ2) is 12.0. The fraction of sp³-hybridized carbons (Fsp3) is 0.700. The van der Waals surface area contributed by atoms with Crippen LogP contribution in [0.3, 0.4) is 0 Å². The monoisotopic (exact) mass is 274 g/mol. The molecule has 0 aromatic rings. The van der Waals surface area contributed by atoms with E-state index < -0.39 is 0 Å². The van der Waals surface area contributed by atoms with Gasteiger partial charge in [0.25, 0.3) is 0 Å². The molecule has 114 valence electrons. The summed E-state index contributed by atoms with van der Waals surface area (Å²) in [4.78, 5) is 0. The molecule has 2 atom stereocenters. The van der Waals surface area contributed by atoms with E-state index in [1.54, 1.807) is 0 Å². The zero-order chi connectivity index (χ0) is 14.5. The Balaban J connectivity index is 2.12. The molecule has 0 aromatic heterocycles. The minimum atomic E-state index is 0.957. The van der Waals surface area contributed by atoms with Gasteiger partial charge in [-0.15, -0.1) is 0 Å². The van der Waals surface area contributed by atoms with Crippen LogP contribution in [0, 0.1) is 11.8 Å². The van der Waals surface area contributed by atoms with Crippen molar-refractivity contribution in [2.45, 2.75) is 77.6 Å². The van der Waals surface area contributed by atoms with E-state index >= 15 is 0 Å². The Morgan fingerprint density at radius 1 is 0.900 bits per heavy atom. The molecule has 0 spiro atoms. The van der Waals surface area contributed by atoms with Gasteiger partial charge in [-0.1, -0.05) is 102 Å². The first kappa shape index (κ1) is 17.3. The van der Waals surface area contributed by atoms with Crippen molar-refractivity contribution in [3.63, 3.8) is 0 Å². The van der Waals surface area contributed by atoms with E-state index in [9.17, 15) is 0 Å². The quantitative estimate of drug-likeness (QED) is 0.286. The highest BCUT2D eigenvalue weighted by Gasteiger charge is 2.25. The molecule has 0 nitrogen and oxygen atoms in total. The van der Waals surface area contributed by atoms with Crippen molar-refractivity contribution in [1.29, 1.82) is 0 Å². The van der Waals surface area contributed by atoms with Gasteiger partial charge in [0, 0.05) is 0 Å². The Bertz CT molecular complexity index is 284. The number of hydrogen-bond donors (Lipinski definition) is 0. The molecule has 0 heteroatoms. The van der Waals surface area contributed by atoms with Crippen LogP contribution < -0.4 is 0 Å². The summed E-state index contributed by atoms with van der Waals surface area (Å²) >= 11 is 0. The molecule has 1 fully saturated rings. The summed E-state index contributed by atoms with van der Waals surface area (Å²) in [7, 11) is 0. The second-order valence-electron chi connectivity index (χ2n) is 6.29. The predicted octanol–water partition coefficient (Wildman–Crippen LogP) is 6.84. The number of allylic oxidation sites excluding steroid dienone is 5. The summed E-state index contributed by atoms with van der Waals surface area (Å²) in [6.45, 7) is 5.98. The minimum Gasteiger partial charge on any atom is -0.0991 e. The van der Waals surface area contributed by atoms with Crippen LogP contribution in [0.2, 0.25) is 0 Å². The molecule has 20 heavy (non-hydrogen) atoms. The van der Waals surface area contributed by atoms with Gasteiger partial charge in [-0.05, 0) is 24.7 Å². The SMILES string of the molecule is C=C/C=C\C=C\C[C@H]1CCC[C@@H]1CCCCCCCC. The van der Waals surface area contributed by atoms with Gasteiger partial charge in [-0.25, -0.2) is 0 Å². The highest BCUT2D eigenvalue weighted by Crippen LogP contribution is 2.37. The lowest BCUT2D eigenvalue weighted by Crippen LogP contribution is -2.06. The van der Waals surface area contributed by atoms with Gasteiger partial charge in [0.05, 0.1) is 0 Å². The maximum Gasteiger partial charge on any atom is -0.0316 e. The lowest BCUT2D eigenvalue weighted by molar-refractivity contribution is 0.352. The van der Waals surface area contributed by atoms with Gasteiger partial charge < -0.3 is 0 Å². The summed E-state index contributed by atoms with van der Waals surface area (Å²) in [5.41, 5.74) is 0. The minimum absolute atomic E-state index is 0.957. The average molecular weight is 274 g/mol. The van der Waals surface area contributed by atoms with Crippen LogP contribution in [0.15, 0.2) is 37.0 Å². The topological polar surface area (TPSA) is 0 Å². The summed E-state index contributed by atoms with van der Waals surface area (Å²) < 4.78 is 0. The van der Waals surface area contributed by atoms with Crippen molar-refractivity contribution in [2.75, 3.05) is 0 Å². The summed E-state index contributed by atoms with van der Waals surface area (Å²) in [6.07, 6.45) is 26.2. The number of hydrogen-bond acceptors (Lipinski definition) is 0. The smallest absolute Gasteiger partial charge is 0.0316 e. The van der Waals surface area contributed by atoms with Gasteiger partial charge in [0.2, 0.25) is 0 Å². The summed E-state index contributed by atoms with van der Waals surface area (Å²) in [5, 5.41) is 0. The van der Waals surface area contributed by atoms with Crippen molar-refractivity contribution in [2.24, 2.45) is 11.8 Å². The number of rotatable bonds is 11. The Hall–Kier alpha value is -0.780. The van der Waals surface area contributed by atoms with E-state index in [-0.39, 0.29) is 0 Å². The standard InChI is InChI=1S/C20H34/c1-3-5-7-9-11-13-16-20-18-14-17-19(20)15-12-10-8-6-4-2/h4,6,8,10,12,19-20H,2-3,5,7,9,11,13-18H2,1H3/b8-6-,12-10+/t19-,20-/m0/s1. The predicted molar refractivity (Wildman–Crippen MR) is 91.9 cm³/mol. The van der Waals surface area contributed by atoms with Gasteiger partial charge in [-0.3, -0.25) is 0 Å². The molecule has 1 saturated carbocycles. The van der Waals surface area contributed by atoms with Gasteiger partial charge in [-0.2, -0.15) is 0 Å². The van der Waals surface area contributed by atoms with E-state index in [1.165, 1.54) is 70.6 Å². The fourth-order valence-corrected chi connectivity index (χ4v) is 3.47. The molecule has 0 amide bonds. The first-order valence-corrected chi connectivity index (χ1v) is 8.82.